The summed E-state index contributed by atoms with van der Waals surface area (Å²) in [4.78, 5) is 15.7. The first kappa shape index (κ1) is 25.9. The van der Waals surface area contributed by atoms with Crippen LogP contribution in [0.2, 0.25) is 0 Å². The Morgan fingerprint density at radius 1 is 0.319 bits per heavy atom. The summed E-state index contributed by atoms with van der Waals surface area (Å²) in [7, 11) is 0. The lowest BCUT2D eigenvalue weighted by molar-refractivity contribution is 0.669. The molecule has 0 saturated carbocycles. The van der Waals surface area contributed by atoms with E-state index in [0.29, 0.717) is 17.5 Å². The Labute approximate surface area is 269 Å². The zero-order valence-electron chi connectivity index (χ0n) is 25.2. The maximum Gasteiger partial charge on any atom is 0.164 e. The van der Waals surface area contributed by atoms with Crippen LogP contribution in [0.25, 0.3) is 99.2 Å². The fourth-order valence-corrected chi connectivity index (χ4v) is 7.17. The van der Waals surface area contributed by atoms with Gasteiger partial charge >= 0.3 is 0 Å². The van der Waals surface area contributed by atoms with Gasteiger partial charge in [-0.2, -0.15) is 0 Å². The molecule has 0 atom stereocenters. The zero-order valence-corrected chi connectivity index (χ0v) is 25.2. The topological polar surface area (TPSA) is 51.8 Å². The standard InChI is InChI=1S/C43H25N3O/c1-3-14-28-26(11-1)13-9-20-34(28)41-44-42(35-21-10-19-33-32(35)23-24-39-40(33)36-18-7-8-22-38(36)47-39)46-43(45-41)37-25-27-12-2-4-15-29(27)30-16-5-6-17-31(30)37/h1-25H. The molecule has 0 fully saturated rings. The number of benzene rings is 8. The van der Waals surface area contributed by atoms with Crippen molar-refractivity contribution in [2.75, 3.05) is 0 Å². The molecule has 0 aliphatic heterocycles. The summed E-state index contributed by atoms with van der Waals surface area (Å²) in [6.45, 7) is 0. The molecule has 0 radical (unpaired) electrons. The fraction of sp³-hybridized carbons (Fsp3) is 0. The minimum absolute atomic E-state index is 0.632. The Balaban J connectivity index is 1.30. The summed E-state index contributed by atoms with van der Waals surface area (Å²) in [5.41, 5.74) is 4.65. The van der Waals surface area contributed by atoms with Gasteiger partial charge in [0.05, 0.1) is 0 Å². The molecule has 0 aliphatic carbocycles. The van der Waals surface area contributed by atoms with E-state index in [2.05, 4.69) is 140 Å². The molecular weight excluding hydrogens is 574 g/mol. The van der Waals surface area contributed by atoms with E-state index in [-0.39, 0.29) is 0 Å². The highest BCUT2D eigenvalue weighted by molar-refractivity contribution is 6.21. The van der Waals surface area contributed by atoms with Gasteiger partial charge in [0.2, 0.25) is 0 Å². The van der Waals surface area contributed by atoms with Crippen molar-refractivity contribution in [3.63, 3.8) is 0 Å². The van der Waals surface area contributed by atoms with Crippen molar-refractivity contribution < 1.29 is 4.42 Å². The molecule has 0 aliphatic rings. The predicted molar refractivity (Wildman–Crippen MR) is 193 cm³/mol. The summed E-state index contributed by atoms with van der Waals surface area (Å²) >= 11 is 0. The largest absolute Gasteiger partial charge is 0.456 e. The quantitative estimate of drug-likeness (QED) is 0.190. The van der Waals surface area contributed by atoms with Crippen molar-refractivity contribution in [3.8, 4) is 34.2 Å². The van der Waals surface area contributed by atoms with Crippen molar-refractivity contribution in [3.05, 3.63) is 152 Å². The third-order valence-corrected chi connectivity index (χ3v) is 9.32. The highest BCUT2D eigenvalue weighted by Gasteiger charge is 2.19. The van der Waals surface area contributed by atoms with Gasteiger partial charge in [0, 0.05) is 27.5 Å². The zero-order chi connectivity index (χ0) is 30.9. The average Bonchev–Trinajstić information content (AvgIpc) is 3.53. The van der Waals surface area contributed by atoms with Crippen molar-refractivity contribution >= 4 is 65.0 Å². The summed E-state index contributed by atoms with van der Waals surface area (Å²) in [6, 6.07) is 52.7. The lowest BCUT2D eigenvalue weighted by atomic mass is 9.96. The molecule has 10 rings (SSSR count). The highest BCUT2D eigenvalue weighted by Crippen LogP contribution is 2.40. The molecule has 0 spiro atoms. The van der Waals surface area contributed by atoms with E-state index in [1.807, 2.05) is 12.1 Å². The monoisotopic (exact) mass is 599 g/mol. The van der Waals surface area contributed by atoms with Crippen LogP contribution in [0.1, 0.15) is 0 Å². The molecule has 10 aromatic rings. The number of hydrogen-bond donors (Lipinski definition) is 0. The number of para-hydroxylation sites is 1. The minimum Gasteiger partial charge on any atom is -0.456 e. The van der Waals surface area contributed by atoms with Crippen LogP contribution in [-0.4, -0.2) is 15.0 Å². The van der Waals surface area contributed by atoms with E-state index in [4.69, 9.17) is 19.4 Å². The number of hydrogen-bond acceptors (Lipinski definition) is 4. The van der Waals surface area contributed by atoms with Crippen LogP contribution in [0, 0.1) is 0 Å². The molecule has 0 amide bonds. The number of fused-ring (bicyclic) bond motifs is 9. The SMILES string of the molecule is c1ccc2c(-c3nc(-c4cc5ccccc5c5ccccc45)nc(-c4cccc5c4ccc4oc6ccccc6c45)n3)cccc2c1. The van der Waals surface area contributed by atoms with Crippen LogP contribution in [0.15, 0.2) is 156 Å². The molecule has 0 N–H and O–H groups in total. The van der Waals surface area contributed by atoms with E-state index in [1.165, 1.54) is 10.8 Å². The van der Waals surface area contributed by atoms with Crippen molar-refractivity contribution in [2.45, 2.75) is 0 Å². The van der Waals surface area contributed by atoms with Gasteiger partial charge in [-0.15, -0.1) is 0 Å². The molecular formula is C43H25N3O. The van der Waals surface area contributed by atoms with Gasteiger partial charge in [-0.3, -0.25) is 0 Å². The maximum atomic E-state index is 6.24. The van der Waals surface area contributed by atoms with Crippen molar-refractivity contribution in [1.82, 2.24) is 15.0 Å². The van der Waals surface area contributed by atoms with E-state index < -0.39 is 0 Å². The lowest BCUT2D eigenvalue weighted by Gasteiger charge is -2.14. The Bertz CT molecular complexity index is 2860. The summed E-state index contributed by atoms with van der Waals surface area (Å²) < 4.78 is 6.24. The number of nitrogens with zero attached hydrogens (tertiary/aromatic N) is 3. The van der Waals surface area contributed by atoms with Gasteiger partial charge in [0.15, 0.2) is 17.5 Å². The molecule has 2 heterocycles. The predicted octanol–water partition coefficient (Wildman–Crippen LogP) is 11.4. The molecule has 0 saturated heterocycles. The molecule has 0 bridgehead atoms. The van der Waals surface area contributed by atoms with Gasteiger partial charge in [0.1, 0.15) is 11.2 Å². The van der Waals surface area contributed by atoms with Crippen LogP contribution in [0.5, 0.6) is 0 Å². The summed E-state index contributed by atoms with van der Waals surface area (Å²) in [5, 5.41) is 11.3. The number of furan rings is 1. The first-order valence-electron chi connectivity index (χ1n) is 15.8. The second kappa shape index (κ2) is 10.1. The molecule has 4 nitrogen and oxygen atoms in total. The van der Waals surface area contributed by atoms with Gasteiger partial charge in [-0.05, 0) is 67.4 Å². The number of aromatic nitrogens is 3. The van der Waals surface area contributed by atoms with E-state index in [1.54, 1.807) is 0 Å². The van der Waals surface area contributed by atoms with Crippen molar-refractivity contribution in [2.24, 2.45) is 0 Å². The normalized spacial score (nSPS) is 11.8. The fourth-order valence-electron chi connectivity index (χ4n) is 7.17. The van der Waals surface area contributed by atoms with E-state index in [9.17, 15) is 0 Å². The van der Waals surface area contributed by atoms with Crippen molar-refractivity contribution in [1.29, 1.82) is 0 Å². The number of rotatable bonds is 3. The Hall–Kier alpha value is -6.39. The van der Waals surface area contributed by atoms with Crippen LogP contribution >= 0.6 is 0 Å². The summed E-state index contributed by atoms with van der Waals surface area (Å²) in [6.07, 6.45) is 0. The van der Waals surface area contributed by atoms with Gasteiger partial charge in [0.25, 0.3) is 0 Å². The highest BCUT2D eigenvalue weighted by atomic mass is 16.3. The second-order valence-corrected chi connectivity index (χ2v) is 12.0. The van der Waals surface area contributed by atoms with Gasteiger partial charge in [-0.1, -0.05) is 127 Å². The second-order valence-electron chi connectivity index (χ2n) is 12.0. The molecule has 0 unspecified atom stereocenters. The molecule has 8 aromatic carbocycles. The van der Waals surface area contributed by atoms with E-state index in [0.717, 1.165) is 70.9 Å². The van der Waals surface area contributed by atoms with Gasteiger partial charge < -0.3 is 4.42 Å². The smallest absolute Gasteiger partial charge is 0.164 e. The van der Waals surface area contributed by atoms with Crippen LogP contribution in [-0.2, 0) is 0 Å². The first-order valence-corrected chi connectivity index (χ1v) is 15.8. The average molecular weight is 600 g/mol. The van der Waals surface area contributed by atoms with Crippen LogP contribution in [0.3, 0.4) is 0 Å². The third-order valence-electron chi connectivity index (χ3n) is 9.32. The lowest BCUT2D eigenvalue weighted by Crippen LogP contribution is -2.01. The molecule has 218 valence electrons. The third kappa shape index (κ3) is 3.98. The van der Waals surface area contributed by atoms with E-state index >= 15 is 0 Å². The molecule has 2 aromatic heterocycles. The Kier molecular flexibility index (Phi) is 5.54. The van der Waals surface area contributed by atoms with Crippen LogP contribution < -0.4 is 0 Å². The Morgan fingerprint density at radius 3 is 1.66 bits per heavy atom. The molecule has 47 heavy (non-hydrogen) atoms. The maximum absolute atomic E-state index is 6.24. The Morgan fingerprint density at radius 2 is 0.851 bits per heavy atom. The first-order chi connectivity index (χ1) is 23.3. The molecule has 4 heteroatoms. The van der Waals surface area contributed by atoms with Gasteiger partial charge in [-0.25, -0.2) is 15.0 Å². The van der Waals surface area contributed by atoms with Crippen LogP contribution in [0.4, 0.5) is 0 Å². The summed E-state index contributed by atoms with van der Waals surface area (Å²) in [5.74, 6) is 1.92. The minimum atomic E-state index is 0.632.